The molecule has 0 aromatic carbocycles. The Bertz CT molecular complexity index is 504. The van der Waals surface area contributed by atoms with Crippen LogP contribution in [0.4, 0.5) is 5.82 Å². The third-order valence-corrected chi connectivity index (χ3v) is 4.48. The number of pyridine rings is 1. The number of rotatable bonds is 1. The number of carbonyl (C=O) groups excluding carboxylic acids is 1. The van der Waals surface area contributed by atoms with Crippen LogP contribution in [-0.2, 0) is 0 Å². The number of aromatic nitrogens is 1. The fourth-order valence-corrected chi connectivity index (χ4v) is 3.38. The monoisotopic (exact) mass is 274 g/mol. The summed E-state index contributed by atoms with van der Waals surface area (Å²) >= 11 is 0. The quantitative estimate of drug-likeness (QED) is 0.840. The molecule has 2 aliphatic rings. The van der Waals surface area contributed by atoms with Crippen molar-refractivity contribution in [2.75, 3.05) is 25.4 Å². The normalized spacial score (nSPS) is 27.1. The highest BCUT2D eigenvalue weighted by atomic mass is 16.2. The summed E-state index contributed by atoms with van der Waals surface area (Å²) in [5.41, 5.74) is 6.32. The Morgan fingerprint density at radius 3 is 3.05 bits per heavy atom. The summed E-state index contributed by atoms with van der Waals surface area (Å²) in [5.74, 6) is 0.483. The van der Waals surface area contributed by atoms with Crippen LogP contribution in [0.1, 0.15) is 36.5 Å². The Balaban J connectivity index is 1.77. The van der Waals surface area contributed by atoms with Gasteiger partial charge >= 0.3 is 0 Å². The Hall–Kier alpha value is -1.62. The largest absolute Gasteiger partial charge is 0.384 e. The van der Waals surface area contributed by atoms with Gasteiger partial charge in [0.05, 0.1) is 0 Å². The number of fused-ring (bicyclic) bond motifs is 1. The molecule has 108 valence electrons. The third kappa shape index (κ3) is 2.50. The second kappa shape index (κ2) is 5.40. The molecule has 0 spiro atoms. The van der Waals surface area contributed by atoms with E-state index in [4.69, 9.17) is 5.73 Å². The van der Waals surface area contributed by atoms with Crippen LogP contribution < -0.4 is 5.73 Å². The average molecular weight is 274 g/mol. The van der Waals surface area contributed by atoms with Gasteiger partial charge in [-0.3, -0.25) is 9.69 Å². The SMILES string of the molecule is CC1CN2CCCCC2CN1C(=O)c1ccnc(N)c1. The van der Waals surface area contributed by atoms with E-state index in [-0.39, 0.29) is 11.9 Å². The summed E-state index contributed by atoms with van der Waals surface area (Å²) in [6.45, 7) is 5.13. The molecule has 0 radical (unpaired) electrons. The van der Waals surface area contributed by atoms with E-state index >= 15 is 0 Å². The summed E-state index contributed by atoms with van der Waals surface area (Å²) in [6, 6.07) is 4.20. The van der Waals surface area contributed by atoms with E-state index < -0.39 is 0 Å². The van der Waals surface area contributed by atoms with Crippen LogP contribution in [0.3, 0.4) is 0 Å². The lowest BCUT2D eigenvalue weighted by molar-refractivity contribution is 0.0151. The van der Waals surface area contributed by atoms with Gasteiger partial charge in [0.2, 0.25) is 0 Å². The smallest absolute Gasteiger partial charge is 0.254 e. The first-order chi connectivity index (χ1) is 9.65. The van der Waals surface area contributed by atoms with Gasteiger partial charge in [0.1, 0.15) is 5.82 Å². The second-order valence-electron chi connectivity index (χ2n) is 5.92. The van der Waals surface area contributed by atoms with Crippen molar-refractivity contribution in [1.29, 1.82) is 0 Å². The summed E-state index contributed by atoms with van der Waals surface area (Å²) in [5, 5.41) is 0. The number of hydrogen-bond donors (Lipinski definition) is 1. The fourth-order valence-electron chi connectivity index (χ4n) is 3.38. The number of amides is 1. The Morgan fingerprint density at radius 1 is 1.40 bits per heavy atom. The van der Waals surface area contributed by atoms with Crippen molar-refractivity contribution in [3.63, 3.8) is 0 Å². The average Bonchev–Trinajstić information content (AvgIpc) is 2.46. The lowest BCUT2D eigenvalue weighted by atomic mass is 9.96. The number of nitrogen functional groups attached to an aromatic ring is 1. The van der Waals surface area contributed by atoms with E-state index in [1.165, 1.54) is 25.8 Å². The van der Waals surface area contributed by atoms with Crippen LogP contribution in [0.2, 0.25) is 0 Å². The van der Waals surface area contributed by atoms with Crippen LogP contribution in [0.15, 0.2) is 18.3 Å². The summed E-state index contributed by atoms with van der Waals surface area (Å²) in [7, 11) is 0. The van der Waals surface area contributed by atoms with Crippen molar-refractivity contribution in [2.24, 2.45) is 0 Å². The first-order valence-corrected chi connectivity index (χ1v) is 7.41. The molecule has 2 saturated heterocycles. The second-order valence-corrected chi connectivity index (χ2v) is 5.92. The van der Waals surface area contributed by atoms with Crippen molar-refractivity contribution in [1.82, 2.24) is 14.8 Å². The predicted octanol–water partition coefficient (Wildman–Crippen LogP) is 1.36. The number of piperazine rings is 1. The molecule has 3 heterocycles. The summed E-state index contributed by atoms with van der Waals surface area (Å²) in [4.78, 5) is 21.2. The summed E-state index contributed by atoms with van der Waals surface area (Å²) in [6.07, 6.45) is 5.37. The van der Waals surface area contributed by atoms with E-state index in [2.05, 4.69) is 16.8 Å². The molecule has 3 rings (SSSR count). The first-order valence-electron chi connectivity index (χ1n) is 7.41. The van der Waals surface area contributed by atoms with Crippen molar-refractivity contribution in [3.05, 3.63) is 23.9 Å². The molecule has 1 aromatic heterocycles. The molecule has 1 amide bonds. The minimum absolute atomic E-state index is 0.0804. The van der Waals surface area contributed by atoms with Gasteiger partial charge in [-0.15, -0.1) is 0 Å². The van der Waals surface area contributed by atoms with Crippen LogP contribution in [0.5, 0.6) is 0 Å². The van der Waals surface area contributed by atoms with Crippen molar-refractivity contribution >= 4 is 11.7 Å². The molecule has 1 aromatic rings. The maximum absolute atomic E-state index is 12.7. The van der Waals surface area contributed by atoms with E-state index in [9.17, 15) is 4.79 Å². The molecule has 2 N–H and O–H groups in total. The van der Waals surface area contributed by atoms with Gasteiger partial charge in [-0.1, -0.05) is 6.42 Å². The number of carbonyl (C=O) groups is 1. The topological polar surface area (TPSA) is 62.5 Å². The van der Waals surface area contributed by atoms with Crippen LogP contribution in [0, 0.1) is 0 Å². The maximum Gasteiger partial charge on any atom is 0.254 e. The highest BCUT2D eigenvalue weighted by Gasteiger charge is 2.35. The van der Waals surface area contributed by atoms with E-state index in [1.807, 2.05) is 4.90 Å². The highest BCUT2D eigenvalue weighted by molar-refractivity contribution is 5.95. The van der Waals surface area contributed by atoms with Crippen molar-refractivity contribution < 1.29 is 4.79 Å². The zero-order valence-corrected chi connectivity index (χ0v) is 12.0. The van der Waals surface area contributed by atoms with Gasteiger partial charge in [-0.2, -0.15) is 0 Å². The number of anilines is 1. The molecule has 2 fully saturated rings. The van der Waals surface area contributed by atoms with Crippen LogP contribution in [0.25, 0.3) is 0 Å². The number of nitrogens with zero attached hydrogens (tertiary/aromatic N) is 3. The van der Waals surface area contributed by atoms with Gasteiger partial charge in [-0.25, -0.2) is 4.98 Å². The minimum Gasteiger partial charge on any atom is -0.384 e. The Kier molecular flexibility index (Phi) is 3.61. The molecule has 0 saturated carbocycles. The lowest BCUT2D eigenvalue weighted by Crippen LogP contribution is -2.60. The van der Waals surface area contributed by atoms with Gasteiger partial charge in [0.25, 0.3) is 5.91 Å². The lowest BCUT2D eigenvalue weighted by Gasteiger charge is -2.47. The van der Waals surface area contributed by atoms with Gasteiger partial charge in [-0.05, 0) is 38.4 Å². The molecule has 2 atom stereocenters. The van der Waals surface area contributed by atoms with Crippen molar-refractivity contribution in [2.45, 2.75) is 38.3 Å². The van der Waals surface area contributed by atoms with Crippen molar-refractivity contribution in [3.8, 4) is 0 Å². The van der Waals surface area contributed by atoms with Gasteiger partial charge in [0.15, 0.2) is 0 Å². The summed E-state index contributed by atoms with van der Waals surface area (Å²) < 4.78 is 0. The van der Waals surface area contributed by atoms with Crippen LogP contribution >= 0.6 is 0 Å². The number of nitrogens with two attached hydrogens (primary N) is 1. The molecule has 2 unspecified atom stereocenters. The standard InChI is InChI=1S/C15H22N4O/c1-11-9-18-7-3-2-4-13(18)10-19(11)15(20)12-5-6-17-14(16)8-12/h5-6,8,11,13H,2-4,7,9-10H2,1H3,(H2,16,17). The van der Waals surface area contributed by atoms with E-state index in [0.717, 1.165) is 13.1 Å². The van der Waals surface area contributed by atoms with Gasteiger partial charge < -0.3 is 10.6 Å². The van der Waals surface area contributed by atoms with E-state index in [1.54, 1.807) is 18.3 Å². The number of piperidine rings is 1. The maximum atomic E-state index is 12.7. The highest BCUT2D eigenvalue weighted by Crippen LogP contribution is 2.25. The first kappa shape index (κ1) is 13.4. The van der Waals surface area contributed by atoms with Crippen LogP contribution in [-0.4, -0.2) is 52.4 Å². The fraction of sp³-hybridized carbons (Fsp3) is 0.600. The molecule has 0 aliphatic carbocycles. The Morgan fingerprint density at radius 2 is 2.25 bits per heavy atom. The molecule has 5 nitrogen and oxygen atoms in total. The minimum atomic E-state index is 0.0804. The zero-order chi connectivity index (χ0) is 14.1. The zero-order valence-electron chi connectivity index (χ0n) is 12.0. The number of hydrogen-bond acceptors (Lipinski definition) is 4. The molecule has 2 aliphatic heterocycles. The molecule has 20 heavy (non-hydrogen) atoms. The molecular weight excluding hydrogens is 252 g/mol. The Labute approximate surface area is 119 Å². The van der Waals surface area contributed by atoms with Gasteiger partial charge in [0, 0.05) is 36.9 Å². The molecule has 5 heteroatoms. The molecular formula is C15H22N4O. The van der Waals surface area contributed by atoms with E-state index in [0.29, 0.717) is 17.4 Å². The third-order valence-electron chi connectivity index (χ3n) is 4.48. The predicted molar refractivity (Wildman–Crippen MR) is 78.4 cm³/mol. The molecule has 0 bridgehead atoms.